The Morgan fingerprint density at radius 3 is 2.12 bits per heavy atom. The molecular formula is C17H17N3O4. The fourth-order valence-corrected chi connectivity index (χ4v) is 1.97. The lowest BCUT2D eigenvalue weighted by atomic mass is 10.2. The van der Waals surface area contributed by atoms with E-state index in [-0.39, 0.29) is 6.02 Å². The van der Waals surface area contributed by atoms with Crippen LogP contribution < -0.4 is 24.3 Å². The third-order valence-electron chi connectivity index (χ3n) is 3.00. The monoisotopic (exact) mass is 327 g/mol. The molecule has 0 fully saturated rings. The van der Waals surface area contributed by atoms with Crippen molar-refractivity contribution in [2.45, 2.75) is 0 Å². The Morgan fingerprint density at radius 1 is 1.00 bits per heavy atom. The first-order chi connectivity index (χ1) is 11.7. The van der Waals surface area contributed by atoms with E-state index in [2.05, 4.69) is 10.3 Å². The molecule has 0 atom stereocenters. The molecule has 1 N–H and O–H groups in total. The first kappa shape index (κ1) is 17.0. The number of ether oxygens (including phenoxy) is 4. The smallest absolute Gasteiger partial charge is 0.309 e. The van der Waals surface area contributed by atoms with Gasteiger partial charge in [-0.1, -0.05) is 18.2 Å². The Hall–Kier alpha value is -3.40. The van der Waals surface area contributed by atoms with Gasteiger partial charge in [0.15, 0.2) is 17.7 Å². The molecule has 0 unspecified atom stereocenters. The summed E-state index contributed by atoms with van der Waals surface area (Å²) in [5.74, 6) is 1.90. The second kappa shape index (κ2) is 8.29. The van der Waals surface area contributed by atoms with Crippen LogP contribution in [-0.2, 0) is 0 Å². The molecule has 2 aromatic carbocycles. The standard InChI is InChI=1S/C17H17N3O4/c1-21-14-9-12(10-15(22-2)16(14)23-3)20-17(19-11-18)24-13-7-5-4-6-8-13/h4-10H,1-3H3,(H,19,20). The summed E-state index contributed by atoms with van der Waals surface area (Å²) in [6, 6.07) is 12.3. The zero-order valence-corrected chi connectivity index (χ0v) is 13.6. The van der Waals surface area contributed by atoms with E-state index in [4.69, 9.17) is 24.2 Å². The van der Waals surface area contributed by atoms with Gasteiger partial charge in [0, 0.05) is 12.1 Å². The number of hydrogen-bond acceptors (Lipinski definition) is 6. The highest BCUT2D eigenvalue weighted by Gasteiger charge is 2.14. The average molecular weight is 327 g/mol. The second-order valence-electron chi connectivity index (χ2n) is 4.45. The highest BCUT2D eigenvalue weighted by atomic mass is 16.5. The molecule has 0 aliphatic carbocycles. The number of nitrogens with one attached hydrogen (secondary N) is 1. The maximum atomic E-state index is 8.89. The first-order valence-corrected chi connectivity index (χ1v) is 6.98. The lowest BCUT2D eigenvalue weighted by molar-refractivity contribution is 0.324. The molecule has 0 aliphatic heterocycles. The molecule has 0 saturated carbocycles. The summed E-state index contributed by atoms with van der Waals surface area (Å²) in [7, 11) is 4.55. The van der Waals surface area contributed by atoms with Gasteiger partial charge in [-0.2, -0.15) is 10.3 Å². The van der Waals surface area contributed by atoms with Crippen molar-refractivity contribution in [1.82, 2.24) is 5.32 Å². The van der Waals surface area contributed by atoms with Crippen LogP contribution in [0.15, 0.2) is 47.5 Å². The van der Waals surface area contributed by atoms with Gasteiger partial charge in [0.25, 0.3) is 0 Å². The molecular weight excluding hydrogens is 310 g/mol. The van der Waals surface area contributed by atoms with Gasteiger partial charge < -0.3 is 18.9 Å². The van der Waals surface area contributed by atoms with E-state index in [1.54, 1.807) is 30.5 Å². The molecule has 24 heavy (non-hydrogen) atoms. The normalized spacial score (nSPS) is 10.5. The molecule has 0 heterocycles. The van der Waals surface area contributed by atoms with Crippen LogP contribution in [0.3, 0.4) is 0 Å². The Kier molecular flexibility index (Phi) is 5.86. The third kappa shape index (κ3) is 4.08. The predicted molar refractivity (Wildman–Crippen MR) is 89.0 cm³/mol. The van der Waals surface area contributed by atoms with Crippen LogP contribution in [0.5, 0.6) is 23.0 Å². The van der Waals surface area contributed by atoms with Gasteiger partial charge >= 0.3 is 6.02 Å². The van der Waals surface area contributed by atoms with Crippen LogP contribution in [0, 0.1) is 11.5 Å². The van der Waals surface area contributed by atoms with Gasteiger partial charge in [0.05, 0.1) is 27.0 Å². The Morgan fingerprint density at radius 2 is 1.62 bits per heavy atom. The number of nitriles is 1. The summed E-state index contributed by atoms with van der Waals surface area (Å²) in [5.41, 5.74) is 0.471. The topological polar surface area (TPSA) is 85.1 Å². The summed E-state index contributed by atoms with van der Waals surface area (Å²) in [5, 5.41) is 11.3. The number of nitrogens with zero attached hydrogens (tertiary/aromatic N) is 2. The maximum absolute atomic E-state index is 8.89. The molecule has 7 heteroatoms. The van der Waals surface area contributed by atoms with E-state index in [0.29, 0.717) is 28.7 Å². The molecule has 2 rings (SSSR count). The summed E-state index contributed by atoms with van der Waals surface area (Å²) < 4.78 is 21.4. The largest absolute Gasteiger partial charge is 0.493 e. The number of amidine groups is 1. The molecule has 7 nitrogen and oxygen atoms in total. The van der Waals surface area contributed by atoms with Crippen molar-refractivity contribution in [1.29, 1.82) is 5.26 Å². The van der Waals surface area contributed by atoms with Gasteiger partial charge in [-0.15, -0.1) is 0 Å². The van der Waals surface area contributed by atoms with E-state index in [1.807, 2.05) is 18.2 Å². The van der Waals surface area contributed by atoms with Crippen molar-refractivity contribution in [3.8, 4) is 29.2 Å². The minimum atomic E-state index is 0.0259. The molecule has 0 saturated heterocycles. The van der Waals surface area contributed by atoms with Crippen LogP contribution in [-0.4, -0.2) is 27.4 Å². The number of hydrogen-bond donors (Lipinski definition) is 1. The van der Waals surface area contributed by atoms with Gasteiger partial charge in [0.1, 0.15) is 5.75 Å². The van der Waals surface area contributed by atoms with Crippen molar-refractivity contribution < 1.29 is 18.9 Å². The lowest BCUT2D eigenvalue weighted by Gasteiger charge is -2.13. The highest BCUT2D eigenvalue weighted by Crippen LogP contribution is 2.40. The number of para-hydroxylation sites is 1. The molecule has 0 aliphatic rings. The zero-order valence-electron chi connectivity index (χ0n) is 13.6. The van der Waals surface area contributed by atoms with Crippen molar-refractivity contribution in [2.24, 2.45) is 4.99 Å². The minimum absolute atomic E-state index is 0.0259. The van der Waals surface area contributed by atoms with Crippen molar-refractivity contribution >= 4 is 11.7 Å². The number of methoxy groups -OCH3 is 3. The van der Waals surface area contributed by atoms with E-state index >= 15 is 0 Å². The average Bonchev–Trinajstić information content (AvgIpc) is 2.61. The van der Waals surface area contributed by atoms with E-state index in [9.17, 15) is 0 Å². The number of aliphatic imine (C=N–C) groups is 1. The van der Waals surface area contributed by atoms with Gasteiger partial charge in [-0.05, 0) is 12.1 Å². The van der Waals surface area contributed by atoms with Gasteiger partial charge in [0.2, 0.25) is 5.75 Å². The molecule has 2 aromatic rings. The Labute approximate surface area is 140 Å². The van der Waals surface area contributed by atoms with E-state index in [0.717, 1.165) is 0 Å². The summed E-state index contributed by atoms with van der Waals surface area (Å²) in [6.45, 7) is 0. The molecule has 124 valence electrons. The molecule has 0 aromatic heterocycles. The Bertz CT molecular complexity index is 729. The predicted octanol–water partition coefficient (Wildman–Crippen LogP) is 2.85. The van der Waals surface area contributed by atoms with Crippen molar-refractivity contribution in [3.05, 3.63) is 42.5 Å². The molecule has 0 radical (unpaired) electrons. The summed E-state index contributed by atoms with van der Waals surface area (Å²) in [6.07, 6.45) is 1.80. The van der Waals surface area contributed by atoms with Crippen molar-refractivity contribution in [2.75, 3.05) is 21.3 Å². The van der Waals surface area contributed by atoms with Gasteiger partial charge in [-0.3, -0.25) is 0 Å². The van der Waals surface area contributed by atoms with Crippen LogP contribution in [0.4, 0.5) is 5.69 Å². The fraction of sp³-hybridized carbons (Fsp3) is 0.176. The third-order valence-corrected chi connectivity index (χ3v) is 3.00. The van der Waals surface area contributed by atoms with E-state index in [1.165, 1.54) is 21.3 Å². The van der Waals surface area contributed by atoms with Crippen LogP contribution in [0.25, 0.3) is 0 Å². The summed E-state index contributed by atoms with van der Waals surface area (Å²) in [4.78, 5) is 4.28. The lowest BCUT2D eigenvalue weighted by Crippen LogP contribution is -2.24. The first-order valence-electron chi connectivity index (χ1n) is 6.98. The van der Waals surface area contributed by atoms with Crippen LogP contribution in [0.1, 0.15) is 0 Å². The fourth-order valence-electron chi connectivity index (χ4n) is 1.97. The molecule has 0 amide bonds. The van der Waals surface area contributed by atoms with Crippen LogP contribution >= 0.6 is 0 Å². The minimum Gasteiger partial charge on any atom is -0.493 e. The van der Waals surface area contributed by atoms with Crippen LogP contribution in [0.2, 0.25) is 0 Å². The molecule has 0 spiro atoms. The Balaban J connectivity index is 2.40. The van der Waals surface area contributed by atoms with Gasteiger partial charge in [-0.25, -0.2) is 5.32 Å². The SMILES string of the molecule is COc1cc(N=C(NC#N)Oc2ccccc2)cc(OC)c1OC. The highest BCUT2D eigenvalue weighted by molar-refractivity contribution is 5.81. The van der Waals surface area contributed by atoms with Crippen molar-refractivity contribution in [3.63, 3.8) is 0 Å². The maximum Gasteiger partial charge on any atom is 0.309 e. The number of benzene rings is 2. The summed E-state index contributed by atoms with van der Waals surface area (Å²) >= 11 is 0. The zero-order chi connectivity index (χ0) is 17.4. The number of rotatable bonds is 5. The van der Waals surface area contributed by atoms with E-state index < -0.39 is 0 Å². The second-order valence-corrected chi connectivity index (χ2v) is 4.45. The quantitative estimate of drug-likeness (QED) is 0.393. The molecule has 0 bridgehead atoms.